The van der Waals surface area contributed by atoms with E-state index in [0.29, 0.717) is 42.2 Å². The van der Waals surface area contributed by atoms with Gasteiger partial charge < -0.3 is 23.2 Å². The van der Waals surface area contributed by atoms with Crippen LogP contribution in [0.25, 0.3) is 0 Å². The number of halogens is 2. The SMILES string of the molecule is COc1cccc(OC)c1C(=O)P(=O)(CC(C)c1ccccc1)CC(C)c1ccccc1.Cc1cc(C)c(C(=O)P(=O)(Cc2ccccc2)Cc2ccccc2)c(C)c1.O=C(c1c(Cl)cccc1Cl)P(=O)(CCc1ccccc1)CCc1ccccc1. The number of carbonyl (C=O) groups excluding carboxylic acids is 3. The third-order valence-electron chi connectivity index (χ3n) is 15.5. The summed E-state index contributed by atoms with van der Waals surface area (Å²) in [7, 11) is -6.74. The van der Waals surface area contributed by atoms with E-state index >= 15 is 0 Å². The van der Waals surface area contributed by atoms with Crippen LogP contribution in [0.2, 0.25) is 10.0 Å². The Hall–Kier alpha value is -7.14. The maximum absolute atomic E-state index is 14.6. The third-order valence-corrected chi connectivity index (χ3v) is 24.9. The molecule has 9 aromatic carbocycles. The van der Waals surface area contributed by atoms with Crippen LogP contribution in [0.1, 0.15) is 107 Å². The fourth-order valence-corrected chi connectivity index (χ4v) is 20.2. The fraction of sp³-hybridized carbons (Fsp3) is 0.230. The molecule has 2 unspecified atom stereocenters. The monoisotopic (exact) mass is 1260 g/mol. The zero-order valence-electron chi connectivity index (χ0n) is 50.6. The summed E-state index contributed by atoms with van der Waals surface area (Å²) < 4.78 is 53.5. The largest absolute Gasteiger partial charge is 0.496 e. The van der Waals surface area contributed by atoms with Crippen LogP contribution in [0.3, 0.4) is 0 Å². The Morgan fingerprint density at radius 3 is 1.08 bits per heavy atom. The lowest BCUT2D eigenvalue weighted by Crippen LogP contribution is -2.16. The van der Waals surface area contributed by atoms with Gasteiger partial charge in [0.1, 0.15) is 17.1 Å². The van der Waals surface area contributed by atoms with Gasteiger partial charge in [-0.15, -0.1) is 0 Å². The van der Waals surface area contributed by atoms with E-state index in [0.717, 1.165) is 50.1 Å². The average Bonchev–Trinajstić information content (AvgIpc) is 1.76. The highest BCUT2D eigenvalue weighted by molar-refractivity contribution is 7.81. The molecule has 0 aliphatic heterocycles. The Kier molecular flexibility index (Phi) is 24.9. The van der Waals surface area contributed by atoms with Crippen LogP contribution in [0.15, 0.2) is 231 Å². The zero-order chi connectivity index (χ0) is 62.6. The molecule has 0 spiro atoms. The Labute approximate surface area is 524 Å². The second kappa shape index (κ2) is 32.2. The first-order valence-corrected chi connectivity index (χ1v) is 36.1. The van der Waals surface area contributed by atoms with Gasteiger partial charge in [-0.25, -0.2) is 0 Å². The van der Waals surface area contributed by atoms with Gasteiger partial charge in [-0.2, -0.15) is 0 Å². The highest BCUT2D eigenvalue weighted by Crippen LogP contribution is 2.58. The molecule has 0 fully saturated rings. The summed E-state index contributed by atoms with van der Waals surface area (Å²) in [6.45, 7) is 9.94. The van der Waals surface area contributed by atoms with Crippen LogP contribution in [0.4, 0.5) is 0 Å². The molecule has 0 aliphatic carbocycles. The maximum atomic E-state index is 14.6. The maximum Gasteiger partial charge on any atom is 0.228 e. The van der Waals surface area contributed by atoms with Gasteiger partial charge in [0.15, 0.2) is 21.4 Å². The first-order chi connectivity index (χ1) is 41.8. The van der Waals surface area contributed by atoms with Crippen molar-refractivity contribution in [3.8, 4) is 11.5 Å². The molecular formula is C74H77Cl2O8P3. The number of carbonyl (C=O) groups is 3. The van der Waals surface area contributed by atoms with Gasteiger partial charge in [0.2, 0.25) is 16.6 Å². The van der Waals surface area contributed by atoms with Gasteiger partial charge in [-0.3, -0.25) is 14.4 Å². The molecule has 8 nitrogen and oxygen atoms in total. The van der Waals surface area contributed by atoms with E-state index in [4.69, 9.17) is 32.7 Å². The molecule has 0 radical (unpaired) electrons. The lowest BCUT2D eigenvalue weighted by atomic mass is 10.0. The van der Waals surface area contributed by atoms with E-state index in [2.05, 4.69) is 0 Å². The molecule has 0 saturated carbocycles. The number of benzene rings is 9. The number of methoxy groups -OCH3 is 2. The number of aryl methyl sites for hydroxylation is 5. The fourth-order valence-electron chi connectivity index (χ4n) is 11.0. The molecule has 9 aromatic rings. The van der Waals surface area contributed by atoms with Crippen LogP contribution in [0.5, 0.6) is 11.5 Å². The first-order valence-electron chi connectivity index (χ1n) is 29.2. The number of rotatable bonds is 24. The Morgan fingerprint density at radius 2 is 0.713 bits per heavy atom. The summed E-state index contributed by atoms with van der Waals surface area (Å²) in [5, 5.41) is 0.495. The topological polar surface area (TPSA) is 121 Å². The molecule has 0 bridgehead atoms. The summed E-state index contributed by atoms with van der Waals surface area (Å²) in [6, 6.07) is 72.8. The van der Waals surface area contributed by atoms with Crippen LogP contribution in [0, 0.1) is 20.8 Å². The first kappa shape index (κ1) is 67.4. The normalized spacial score (nSPS) is 12.6. The van der Waals surface area contributed by atoms with Gasteiger partial charge in [0.05, 0.1) is 29.8 Å². The van der Waals surface area contributed by atoms with Crippen molar-refractivity contribution in [2.75, 3.05) is 38.9 Å². The van der Waals surface area contributed by atoms with Crippen molar-refractivity contribution in [2.45, 2.75) is 71.6 Å². The smallest absolute Gasteiger partial charge is 0.228 e. The third kappa shape index (κ3) is 18.5. The van der Waals surface area contributed by atoms with Crippen LogP contribution in [-0.2, 0) is 38.9 Å². The Morgan fingerprint density at radius 1 is 0.391 bits per heavy atom. The van der Waals surface area contributed by atoms with E-state index in [1.54, 1.807) is 36.4 Å². The van der Waals surface area contributed by atoms with Gasteiger partial charge in [-0.05, 0) is 114 Å². The summed E-state index contributed by atoms with van der Waals surface area (Å²) in [5.74, 6) is 0.702. The predicted molar refractivity (Wildman–Crippen MR) is 362 cm³/mol. The minimum absolute atomic E-state index is 0.0327. The molecule has 0 N–H and O–H groups in total. The van der Waals surface area contributed by atoms with Crippen molar-refractivity contribution in [3.05, 3.63) is 307 Å². The molecule has 2 atom stereocenters. The molecule has 0 heterocycles. The van der Waals surface area contributed by atoms with Gasteiger partial charge in [0, 0.05) is 42.5 Å². The minimum atomic E-state index is -3.35. The summed E-state index contributed by atoms with van der Waals surface area (Å²) >= 11 is 12.5. The Bertz CT molecular complexity index is 3660. The van der Waals surface area contributed by atoms with E-state index in [-0.39, 0.29) is 68.7 Å². The second-order valence-electron chi connectivity index (χ2n) is 22.2. The quantitative estimate of drug-likeness (QED) is 0.0549. The molecule has 87 heavy (non-hydrogen) atoms. The summed E-state index contributed by atoms with van der Waals surface area (Å²) in [6.07, 6.45) is 2.88. The standard InChI is InChI=1S/C27H31O4P.C24H25O2P.C23H21Cl2O2P/c1-20(22-12-7-5-8-13-22)18-32(29,19-21(2)23-14-9-6-10-15-23)27(28)26-24(30-3)16-11-17-25(26)31-4;1-18-14-19(2)23(20(3)15-18)24(25)27(26,16-21-10-6-4-7-11-21)17-22-12-8-5-9-13-22;24-20-12-7-13-21(25)22(20)23(26)28(27,16-14-18-8-3-1-4-9-18)17-15-19-10-5-2-6-11-19/h5-17,20-21H,18-19H2,1-4H3;4-15H,16-17H2,1-3H3;1-13H,14-17H2. The molecule has 0 aromatic heterocycles. The number of hydrogen-bond donors (Lipinski definition) is 0. The van der Waals surface area contributed by atoms with E-state index in [1.807, 2.05) is 229 Å². The summed E-state index contributed by atoms with van der Waals surface area (Å²) in [4.78, 5) is 40.8. The number of ether oxygens (including phenoxy) is 2. The summed E-state index contributed by atoms with van der Waals surface area (Å²) in [5.41, 5.74) is 9.10. The van der Waals surface area contributed by atoms with E-state index in [1.165, 1.54) is 14.2 Å². The second-order valence-corrected chi connectivity index (χ2v) is 31.8. The van der Waals surface area contributed by atoms with Crippen molar-refractivity contribution < 1.29 is 37.6 Å². The van der Waals surface area contributed by atoms with Gasteiger partial charge in [0.25, 0.3) is 0 Å². The molecule has 9 rings (SSSR count). The van der Waals surface area contributed by atoms with E-state index < -0.39 is 27.0 Å². The lowest BCUT2D eigenvalue weighted by Gasteiger charge is -2.25. The highest BCUT2D eigenvalue weighted by Gasteiger charge is 2.40. The van der Waals surface area contributed by atoms with Crippen LogP contribution in [-0.4, -0.2) is 55.4 Å². The molecule has 0 aliphatic rings. The minimum Gasteiger partial charge on any atom is -0.496 e. The molecule has 13 heteroatoms. The molecule has 0 saturated heterocycles. The van der Waals surface area contributed by atoms with Crippen molar-refractivity contribution in [1.82, 2.24) is 0 Å². The molecule has 0 amide bonds. The molecular weight excluding hydrogens is 1180 g/mol. The van der Waals surface area contributed by atoms with Gasteiger partial charge >= 0.3 is 0 Å². The zero-order valence-corrected chi connectivity index (χ0v) is 54.8. The molecule has 450 valence electrons. The van der Waals surface area contributed by atoms with Crippen molar-refractivity contribution in [3.63, 3.8) is 0 Å². The number of hydrogen-bond acceptors (Lipinski definition) is 8. The Balaban J connectivity index is 0.000000187. The van der Waals surface area contributed by atoms with Crippen molar-refractivity contribution in [2.24, 2.45) is 0 Å². The average molecular weight is 1260 g/mol. The van der Waals surface area contributed by atoms with Crippen molar-refractivity contribution >= 4 is 61.2 Å². The highest BCUT2D eigenvalue weighted by atomic mass is 35.5. The van der Waals surface area contributed by atoms with Crippen molar-refractivity contribution in [1.29, 1.82) is 0 Å². The van der Waals surface area contributed by atoms with Gasteiger partial charge in [-0.1, -0.05) is 249 Å². The predicted octanol–water partition coefficient (Wildman–Crippen LogP) is 20.3. The lowest BCUT2D eigenvalue weighted by molar-refractivity contribution is 0.106. The van der Waals surface area contributed by atoms with E-state index in [9.17, 15) is 28.1 Å². The van der Waals surface area contributed by atoms with Crippen LogP contribution < -0.4 is 9.47 Å². The van der Waals surface area contributed by atoms with Crippen LogP contribution >= 0.6 is 44.6 Å².